The Morgan fingerprint density at radius 2 is 2.22 bits per heavy atom. The maximum atomic E-state index is 12.6. The Morgan fingerprint density at radius 3 is 2.96 bits per heavy atom. The van der Waals surface area contributed by atoms with Crippen molar-refractivity contribution in [1.82, 2.24) is 19.7 Å². The number of piperidine rings is 1. The molecule has 0 radical (unpaired) electrons. The quantitative estimate of drug-likeness (QED) is 0.935. The number of carbonyl (C=O) groups excluding carboxylic acids is 1. The van der Waals surface area contributed by atoms with Gasteiger partial charge in [-0.1, -0.05) is 0 Å². The van der Waals surface area contributed by atoms with Gasteiger partial charge < -0.3 is 10.2 Å². The Kier molecular flexibility index (Phi) is 4.55. The molecular weight excluding hydrogens is 292 g/mol. The fourth-order valence-corrected chi connectivity index (χ4v) is 2.91. The van der Waals surface area contributed by atoms with E-state index in [0.29, 0.717) is 6.54 Å². The lowest BCUT2D eigenvalue weighted by Crippen LogP contribution is -2.41. The molecule has 3 heterocycles. The van der Waals surface area contributed by atoms with Gasteiger partial charge in [0.25, 0.3) is 0 Å². The molecule has 1 aliphatic heterocycles. The number of carbonyl (C=O) groups is 1. The second-order valence-electron chi connectivity index (χ2n) is 6.09. The highest BCUT2D eigenvalue weighted by molar-refractivity contribution is 5.92. The number of amides is 1. The molecule has 2 aromatic heterocycles. The van der Waals surface area contributed by atoms with Gasteiger partial charge in [-0.25, -0.2) is 9.67 Å². The third-order valence-corrected chi connectivity index (χ3v) is 4.08. The first-order chi connectivity index (χ1) is 11.1. The molecule has 1 amide bonds. The standard InChI is InChI=1S/C16H22N6O/c1-12(2)22-14(5-6-19-22)20-16(23)13-4-3-9-21(11-13)15-10-17-7-8-18-15/h5-8,10,12-13H,3-4,9,11H2,1-2H3,(H,20,23). The van der Waals surface area contributed by atoms with E-state index in [9.17, 15) is 4.79 Å². The van der Waals surface area contributed by atoms with Gasteiger partial charge in [-0.2, -0.15) is 5.10 Å². The number of nitrogens with zero attached hydrogens (tertiary/aromatic N) is 5. The molecule has 1 N–H and O–H groups in total. The fourth-order valence-electron chi connectivity index (χ4n) is 2.91. The Balaban J connectivity index is 1.66. The van der Waals surface area contributed by atoms with Crippen LogP contribution in [0, 0.1) is 5.92 Å². The number of hydrogen-bond donors (Lipinski definition) is 1. The first-order valence-electron chi connectivity index (χ1n) is 8.00. The monoisotopic (exact) mass is 314 g/mol. The van der Waals surface area contributed by atoms with Crippen LogP contribution in [-0.4, -0.2) is 38.7 Å². The molecule has 23 heavy (non-hydrogen) atoms. The minimum Gasteiger partial charge on any atom is -0.355 e. The Hall–Kier alpha value is -2.44. The van der Waals surface area contributed by atoms with Crippen LogP contribution in [0.1, 0.15) is 32.7 Å². The van der Waals surface area contributed by atoms with Crippen LogP contribution in [-0.2, 0) is 4.79 Å². The van der Waals surface area contributed by atoms with E-state index in [1.807, 2.05) is 24.6 Å². The van der Waals surface area contributed by atoms with E-state index in [4.69, 9.17) is 0 Å². The fraction of sp³-hybridized carbons (Fsp3) is 0.500. The maximum absolute atomic E-state index is 12.6. The zero-order chi connectivity index (χ0) is 16.2. The van der Waals surface area contributed by atoms with Crippen LogP contribution >= 0.6 is 0 Å². The van der Waals surface area contributed by atoms with Gasteiger partial charge in [0, 0.05) is 37.6 Å². The molecule has 1 unspecified atom stereocenters. The second-order valence-corrected chi connectivity index (χ2v) is 6.09. The summed E-state index contributed by atoms with van der Waals surface area (Å²) in [6.07, 6.45) is 8.65. The zero-order valence-corrected chi connectivity index (χ0v) is 13.5. The average molecular weight is 314 g/mol. The van der Waals surface area contributed by atoms with E-state index in [0.717, 1.165) is 31.0 Å². The van der Waals surface area contributed by atoms with Gasteiger partial charge in [0.15, 0.2) is 0 Å². The summed E-state index contributed by atoms with van der Waals surface area (Å²) in [6, 6.07) is 2.05. The second kappa shape index (κ2) is 6.76. The summed E-state index contributed by atoms with van der Waals surface area (Å²) in [7, 11) is 0. The summed E-state index contributed by atoms with van der Waals surface area (Å²) in [5.74, 6) is 1.57. The topological polar surface area (TPSA) is 75.9 Å². The number of aromatic nitrogens is 4. The maximum Gasteiger partial charge on any atom is 0.230 e. The van der Waals surface area contributed by atoms with Gasteiger partial charge in [-0.3, -0.25) is 9.78 Å². The lowest BCUT2D eigenvalue weighted by molar-refractivity contribution is -0.120. The molecule has 7 nitrogen and oxygen atoms in total. The van der Waals surface area contributed by atoms with Crippen LogP contribution in [0.15, 0.2) is 30.9 Å². The first kappa shape index (κ1) is 15.5. The summed E-state index contributed by atoms with van der Waals surface area (Å²) in [5.41, 5.74) is 0. The first-order valence-corrected chi connectivity index (χ1v) is 8.00. The molecule has 122 valence electrons. The molecular formula is C16H22N6O. The number of anilines is 2. The number of rotatable bonds is 4. The molecule has 0 saturated carbocycles. The normalized spacial score (nSPS) is 18.2. The SMILES string of the molecule is CC(C)n1nccc1NC(=O)C1CCCN(c2cnccn2)C1. The van der Waals surface area contributed by atoms with Crippen LogP contribution in [0.5, 0.6) is 0 Å². The van der Waals surface area contributed by atoms with E-state index in [2.05, 4.69) is 25.3 Å². The minimum absolute atomic E-state index is 0.0426. The zero-order valence-electron chi connectivity index (χ0n) is 13.5. The smallest absolute Gasteiger partial charge is 0.230 e. The van der Waals surface area contributed by atoms with Gasteiger partial charge in [0.1, 0.15) is 11.6 Å². The predicted octanol–water partition coefficient (Wildman–Crippen LogP) is 2.11. The third-order valence-electron chi connectivity index (χ3n) is 4.08. The molecule has 0 aliphatic carbocycles. The molecule has 1 fully saturated rings. The van der Waals surface area contributed by atoms with Crippen molar-refractivity contribution in [1.29, 1.82) is 0 Å². The van der Waals surface area contributed by atoms with E-state index >= 15 is 0 Å². The summed E-state index contributed by atoms with van der Waals surface area (Å²) >= 11 is 0. The van der Waals surface area contributed by atoms with Crippen molar-refractivity contribution in [2.75, 3.05) is 23.3 Å². The third kappa shape index (κ3) is 3.49. The van der Waals surface area contributed by atoms with Crippen molar-refractivity contribution in [3.63, 3.8) is 0 Å². The lowest BCUT2D eigenvalue weighted by Gasteiger charge is -2.32. The van der Waals surface area contributed by atoms with Crippen LogP contribution in [0.3, 0.4) is 0 Å². The van der Waals surface area contributed by atoms with Crippen molar-refractivity contribution in [2.24, 2.45) is 5.92 Å². The Labute approximate surface area is 135 Å². The highest BCUT2D eigenvalue weighted by Gasteiger charge is 2.27. The van der Waals surface area contributed by atoms with E-state index in [1.54, 1.807) is 24.8 Å². The molecule has 7 heteroatoms. The van der Waals surface area contributed by atoms with Crippen LogP contribution in [0.4, 0.5) is 11.6 Å². The summed E-state index contributed by atoms with van der Waals surface area (Å²) < 4.78 is 1.82. The lowest BCUT2D eigenvalue weighted by atomic mass is 9.97. The summed E-state index contributed by atoms with van der Waals surface area (Å²) in [6.45, 7) is 5.66. The summed E-state index contributed by atoms with van der Waals surface area (Å²) in [5, 5.41) is 7.26. The van der Waals surface area contributed by atoms with Gasteiger partial charge in [-0.15, -0.1) is 0 Å². The number of hydrogen-bond acceptors (Lipinski definition) is 5. The number of nitrogens with one attached hydrogen (secondary N) is 1. The van der Waals surface area contributed by atoms with Gasteiger partial charge in [0.05, 0.1) is 18.3 Å². The minimum atomic E-state index is -0.0544. The van der Waals surface area contributed by atoms with Crippen molar-refractivity contribution >= 4 is 17.5 Å². The van der Waals surface area contributed by atoms with Gasteiger partial charge >= 0.3 is 0 Å². The molecule has 3 rings (SSSR count). The van der Waals surface area contributed by atoms with Crippen LogP contribution in [0.25, 0.3) is 0 Å². The molecule has 1 aliphatic rings. The van der Waals surface area contributed by atoms with Crippen molar-refractivity contribution < 1.29 is 4.79 Å². The van der Waals surface area contributed by atoms with Crippen LogP contribution < -0.4 is 10.2 Å². The van der Waals surface area contributed by atoms with Crippen molar-refractivity contribution in [2.45, 2.75) is 32.7 Å². The van der Waals surface area contributed by atoms with E-state index in [-0.39, 0.29) is 17.9 Å². The molecule has 0 aromatic carbocycles. The summed E-state index contributed by atoms with van der Waals surface area (Å²) in [4.78, 5) is 23.2. The Morgan fingerprint density at radius 1 is 1.35 bits per heavy atom. The molecule has 2 aromatic rings. The van der Waals surface area contributed by atoms with Gasteiger partial charge in [-0.05, 0) is 26.7 Å². The molecule has 1 saturated heterocycles. The predicted molar refractivity (Wildman–Crippen MR) is 88.2 cm³/mol. The molecule has 1 atom stereocenters. The Bertz CT molecular complexity index is 654. The van der Waals surface area contributed by atoms with E-state index in [1.165, 1.54) is 0 Å². The van der Waals surface area contributed by atoms with Crippen molar-refractivity contribution in [3.05, 3.63) is 30.9 Å². The van der Waals surface area contributed by atoms with Crippen LogP contribution in [0.2, 0.25) is 0 Å². The van der Waals surface area contributed by atoms with Gasteiger partial charge in [0.2, 0.25) is 5.91 Å². The molecule has 0 bridgehead atoms. The highest BCUT2D eigenvalue weighted by Crippen LogP contribution is 2.22. The molecule has 0 spiro atoms. The van der Waals surface area contributed by atoms with E-state index < -0.39 is 0 Å². The average Bonchev–Trinajstić information content (AvgIpc) is 3.04. The van der Waals surface area contributed by atoms with Crippen molar-refractivity contribution in [3.8, 4) is 0 Å². The highest BCUT2D eigenvalue weighted by atomic mass is 16.2. The largest absolute Gasteiger partial charge is 0.355 e.